The molecule has 1 N–H and O–H groups in total. The number of rotatable bonds is 2. The average molecular weight is 213 g/mol. The number of anilines is 1. The fourth-order valence-electron chi connectivity index (χ4n) is 1.28. The van der Waals surface area contributed by atoms with E-state index < -0.39 is 11.3 Å². The Morgan fingerprint density at radius 1 is 1.21 bits per heavy atom. The Morgan fingerprint density at radius 2 is 1.71 bits per heavy atom. The fraction of sp³-hybridized carbons (Fsp3) is 0.400. The lowest BCUT2D eigenvalue weighted by atomic mass is 10.1. The number of benzene rings is 1. The van der Waals surface area contributed by atoms with Gasteiger partial charge in [-0.1, -0.05) is 18.2 Å². The third kappa shape index (κ3) is 2.56. The lowest BCUT2D eigenvalue weighted by Gasteiger charge is -2.33. The van der Waals surface area contributed by atoms with Crippen molar-refractivity contribution in [2.24, 2.45) is 0 Å². The highest BCUT2D eigenvalue weighted by molar-refractivity contribution is 7.80. The molecule has 1 aromatic carbocycles. The summed E-state index contributed by atoms with van der Waals surface area (Å²) in [6.07, 6.45) is 0. The van der Waals surface area contributed by atoms with Crippen LogP contribution >= 0.6 is 0 Å². The monoisotopic (exact) mass is 213 g/mol. The summed E-state index contributed by atoms with van der Waals surface area (Å²) < 4.78 is 21.8. The molecule has 0 aliphatic carbocycles. The maximum Gasteiger partial charge on any atom is 0.262 e. The van der Waals surface area contributed by atoms with Crippen LogP contribution in [0.2, 0.25) is 0 Å². The molecule has 0 aromatic heterocycles. The van der Waals surface area contributed by atoms with Crippen molar-refractivity contribution in [2.75, 3.05) is 4.31 Å². The molecule has 14 heavy (non-hydrogen) atoms. The van der Waals surface area contributed by atoms with Gasteiger partial charge in [0, 0.05) is 5.54 Å². The van der Waals surface area contributed by atoms with Crippen molar-refractivity contribution in [1.29, 1.82) is 0 Å². The molecule has 0 aliphatic rings. The maximum absolute atomic E-state index is 11.2. The zero-order chi connectivity index (χ0) is 10.8. The first-order chi connectivity index (χ1) is 6.43. The normalized spacial score (nSPS) is 13.7. The van der Waals surface area contributed by atoms with Gasteiger partial charge in [-0.15, -0.1) is 0 Å². The smallest absolute Gasteiger partial charge is 0.262 e. The summed E-state index contributed by atoms with van der Waals surface area (Å²) in [6, 6.07) is 9.21. The SMILES string of the molecule is CC(C)(C)N(c1ccccc1)S(=O)O. The summed E-state index contributed by atoms with van der Waals surface area (Å²) in [7, 11) is 0. The van der Waals surface area contributed by atoms with E-state index in [1.807, 2.05) is 51.1 Å². The van der Waals surface area contributed by atoms with Crippen LogP contribution in [0.5, 0.6) is 0 Å². The number of hydrogen-bond donors (Lipinski definition) is 1. The minimum Gasteiger partial charge on any atom is -0.289 e. The summed E-state index contributed by atoms with van der Waals surface area (Å²) in [5.74, 6) is 0. The van der Waals surface area contributed by atoms with Crippen LogP contribution < -0.4 is 4.31 Å². The van der Waals surface area contributed by atoms with Crippen molar-refractivity contribution in [2.45, 2.75) is 26.3 Å². The molecular formula is C10H15NO2S. The lowest BCUT2D eigenvalue weighted by Crippen LogP contribution is -2.42. The third-order valence-corrected chi connectivity index (χ3v) is 2.83. The molecule has 0 saturated heterocycles. The summed E-state index contributed by atoms with van der Waals surface area (Å²) in [4.78, 5) is 0. The van der Waals surface area contributed by atoms with Gasteiger partial charge in [0.25, 0.3) is 11.3 Å². The van der Waals surface area contributed by atoms with E-state index in [1.54, 1.807) is 0 Å². The largest absolute Gasteiger partial charge is 0.289 e. The zero-order valence-corrected chi connectivity index (χ0v) is 9.41. The van der Waals surface area contributed by atoms with E-state index in [0.717, 1.165) is 5.69 Å². The number of para-hydroxylation sites is 1. The summed E-state index contributed by atoms with van der Waals surface area (Å²) in [5, 5.41) is 0. The van der Waals surface area contributed by atoms with Gasteiger partial charge in [-0.25, -0.2) is 4.21 Å². The average Bonchev–Trinajstić information content (AvgIpc) is 2.02. The highest BCUT2D eigenvalue weighted by Gasteiger charge is 2.25. The zero-order valence-electron chi connectivity index (χ0n) is 8.60. The fourth-order valence-corrected chi connectivity index (χ4v) is 2.05. The predicted molar refractivity (Wildman–Crippen MR) is 59.4 cm³/mol. The van der Waals surface area contributed by atoms with E-state index in [9.17, 15) is 8.76 Å². The highest BCUT2D eigenvalue weighted by Crippen LogP contribution is 2.24. The van der Waals surface area contributed by atoms with E-state index in [2.05, 4.69) is 0 Å². The molecule has 4 heteroatoms. The molecule has 0 bridgehead atoms. The number of hydrogen-bond acceptors (Lipinski definition) is 1. The third-order valence-electron chi connectivity index (χ3n) is 1.76. The second-order valence-corrected chi connectivity index (χ2v) is 4.86. The van der Waals surface area contributed by atoms with Gasteiger partial charge in [0.1, 0.15) is 0 Å². The second kappa shape index (κ2) is 4.11. The molecule has 0 spiro atoms. The van der Waals surface area contributed by atoms with Crippen LogP contribution in [0.3, 0.4) is 0 Å². The molecule has 1 rings (SSSR count). The molecule has 1 atom stereocenters. The van der Waals surface area contributed by atoms with Crippen LogP contribution in [0.25, 0.3) is 0 Å². The van der Waals surface area contributed by atoms with E-state index in [-0.39, 0.29) is 5.54 Å². The Kier molecular flexibility index (Phi) is 3.29. The second-order valence-electron chi connectivity index (χ2n) is 4.03. The molecule has 3 nitrogen and oxygen atoms in total. The van der Waals surface area contributed by atoms with Gasteiger partial charge >= 0.3 is 0 Å². The molecule has 1 aromatic rings. The van der Waals surface area contributed by atoms with Gasteiger partial charge in [-0.2, -0.15) is 0 Å². The van der Waals surface area contributed by atoms with Gasteiger partial charge in [-0.05, 0) is 32.9 Å². The van der Waals surface area contributed by atoms with Gasteiger partial charge in [0.15, 0.2) is 0 Å². The molecule has 0 amide bonds. The lowest BCUT2D eigenvalue weighted by molar-refractivity contribution is 0.515. The molecule has 0 fully saturated rings. The van der Waals surface area contributed by atoms with Crippen molar-refractivity contribution in [3.05, 3.63) is 30.3 Å². The van der Waals surface area contributed by atoms with Crippen molar-refractivity contribution in [3.8, 4) is 0 Å². The Hall–Kier alpha value is -0.870. The van der Waals surface area contributed by atoms with Crippen molar-refractivity contribution >= 4 is 17.0 Å². The number of nitrogens with zero attached hydrogens (tertiary/aromatic N) is 1. The highest BCUT2D eigenvalue weighted by atomic mass is 32.2. The topological polar surface area (TPSA) is 40.5 Å². The molecule has 1 unspecified atom stereocenters. The molecule has 0 saturated carbocycles. The van der Waals surface area contributed by atoms with Crippen LogP contribution in [-0.4, -0.2) is 14.3 Å². The van der Waals surface area contributed by atoms with Crippen LogP contribution in [0, 0.1) is 0 Å². The van der Waals surface area contributed by atoms with Gasteiger partial charge < -0.3 is 0 Å². The van der Waals surface area contributed by atoms with Crippen LogP contribution in [0.1, 0.15) is 20.8 Å². The Balaban J connectivity index is 3.08. The van der Waals surface area contributed by atoms with E-state index in [4.69, 9.17) is 0 Å². The van der Waals surface area contributed by atoms with Crippen molar-refractivity contribution in [3.63, 3.8) is 0 Å². The van der Waals surface area contributed by atoms with E-state index in [1.165, 1.54) is 4.31 Å². The van der Waals surface area contributed by atoms with Crippen LogP contribution in [0.4, 0.5) is 5.69 Å². The summed E-state index contributed by atoms with van der Waals surface area (Å²) in [6.45, 7) is 5.69. The molecule has 78 valence electrons. The Labute approximate surface area is 87.2 Å². The van der Waals surface area contributed by atoms with Gasteiger partial charge in [0.2, 0.25) is 0 Å². The Bertz CT molecular complexity index is 319. The van der Waals surface area contributed by atoms with E-state index >= 15 is 0 Å². The standard InChI is InChI=1S/C10H15NO2S/c1-10(2,3)11(14(12)13)9-7-5-4-6-8-9/h4-8H,1-3H3,(H,12,13). The summed E-state index contributed by atoms with van der Waals surface area (Å²) >= 11 is -1.99. The molecule has 0 aliphatic heterocycles. The van der Waals surface area contributed by atoms with Crippen LogP contribution in [-0.2, 0) is 11.3 Å². The van der Waals surface area contributed by atoms with E-state index in [0.29, 0.717) is 0 Å². The van der Waals surface area contributed by atoms with Gasteiger partial charge in [0.05, 0.1) is 5.69 Å². The minimum absolute atomic E-state index is 0.374. The first kappa shape index (κ1) is 11.2. The first-order valence-corrected chi connectivity index (χ1v) is 5.45. The summed E-state index contributed by atoms with van der Waals surface area (Å²) in [5.41, 5.74) is 0.377. The van der Waals surface area contributed by atoms with Crippen molar-refractivity contribution in [1.82, 2.24) is 0 Å². The molecule has 0 radical (unpaired) electrons. The first-order valence-electron chi connectivity index (χ1n) is 4.39. The minimum atomic E-state index is -1.99. The quantitative estimate of drug-likeness (QED) is 0.766. The Morgan fingerprint density at radius 3 is 2.07 bits per heavy atom. The van der Waals surface area contributed by atoms with Gasteiger partial charge in [-0.3, -0.25) is 8.86 Å². The van der Waals surface area contributed by atoms with Crippen LogP contribution in [0.15, 0.2) is 30.3 Å². The molecular weight excluding hydrogens is 198 g/mol. The van der Waals surface area contributed by atoms with Crippen molar-refractivity contribution < 1.29 is 8.76 Å². The maximum atomic E-state index is 11.2. The predicted octanol–water partition coefficient (Wildman–Crippen LogP) is 2.43. The molecule has 0 heterocycles.